The van der Waals surface area contributed by atoms with Crippen molar-refractivity contribution in [3.63, 3.8) is 0 Å². The normalized spacial score (nSPS) is 13.4. The van der Waals surface area contributed by atoms with E-state index in [0.29, 0.717) is 25.1 Å². The number of rotatable bonds is 9. The number of amides is 1. The molecule has 19 heavy (non-hydrogen) atoms. The van der Waals surface area contributed by atoms with Gasteiger partial charge in [0.1, 0.15) is 0 Å². The molecule has 0 rings (SSSR count). The van der Waals surface area contributed by atoms with Crippen molar-refractivity contribution in [2.75, 3.05) is 40.4 Å². The third-order valence-electron chi connectivity index (χ3n) is 3.81. The number of carbonyl (C=O) groups is 1. The van der Waals surface area contributed by atoms with Crippen LogP contribution in [0.1, 0.15) is 34.6 Å². The van der Waals surface area contributed by atoms with Gasteiger partial charge in [-0.15, -0.1) is 0 Å². The molecule has 0 radical (unpaired) electrons. The summed E-state index contributed by atoms with van der Waals surface area (Å²) in [5.41, 5.74) is 0. The van der Waals surface area contributed by atoms with Crippen molar-refractivity contribution in [1.29, 1.82) is 0 Å². The summed E-state index contributed by atoms with van der Waals surface area (Å²) in [6.07, 6.45) is 0. The van der Waals surface area contributed by atoms with Gasteiger partial charge in [-0.25, -0.2) is 0 Å². The topological polar surface area (TPSA) is 32.8 Å². The Hall–Kier alpha value is -0.610. The highest BCUT2D eigenvalue weighted by atomic mass is 16.5. The summed E-state index contributed by atoms with van der Waals surface area (Å²) < 4.78 is 5.58. The van der Waals surface area contributed by atoms with Crippen molar-refractivity contribution in [2.45, 2.75) is 40.7 Å². The minimum Gasteiger partial charge on any atom is -0.378 e. The number of ether oxygens (including phenoxy) is 1. The molecule has 0 N–H and O–H groups in total. The van der Waals surface area contributed by atoms with E-state index in [-0.39, 0.29) is 11.8 Å². The summed E-state index contributed by atoms with van der Waals surface area (Å²) in [4.78, 5) is 16.0. The van der Waals surface area contributed by atoms with E-state index in [1.165, 1.54) is 0 Å². The zero-order valence-corrected chi connectivity index (χ0v) is 13.8. The van der Waals surface area contributed by atoms with E-state index in [4.69, 9.17) is 4.74 Å². The third kappa shape index (κ3) is 7.53. The second-order valence-corrected chi connectivity index (χ2v) is 5.98. The van der Waals surface area contributed by atoms with E-state index in [0.717, 1.165) is 13.2 Å². The van der Waals surface area contributed by atoms with Gasteiger partial charge < -0.3 is 14.5 Å². The van der Waals surface area contributed by atoms with Crippen molar-refractivity contribution in [3.8, 4) is 0 Å². The van der Waals surface area contributed by atoms with Gasteiger partial charge >= 0.3 is 0 Å². The predicted molar refractivity (Wildman–Crippen MR) is 80.2 cm³/mol. The highest BCUT2D eigenvalue weighted by molar-refractivity contribution is 5.78. The maximum absolute atomic E-state index is 12.0. The van der Waals surface area contributed by atoms with Crippen LogP contribution in [0.15, 0.2) is 0 Å². The summed E-state index contributed by atoms with van der Waals surface area (Å²) in [5, 5.41) is 0. The Kier molecular flexibility index (Phi) is 9.02. The van der Waals surface area contributed by atoms with Crippen LogP contribution in [0, 0.1) is 11.8 Å². The molecule has 4 heteroatoms. The van der Waals surface area contributed by atoms with Gasteiger partial charge in [0.05, 0.1) is 13.2 Å². The standard InChI is InChI=1S/C15H32N2O2/c1-12(2)14(5)15(18)17(7)9-11-19-10-8-16(6)13(3)4/h12-14H,8-11H2,1-7H3/t14-/m0/s1. The summed E-state index contributed by atoms with van der Waals surface area (Å²) in [6, 6.07) is 0.541. The molecule has 0 aromatic carbocycles. The molecule has 0 saturated carbocycles. The summed E-state index contributed by atoms with van der Waals surface area (Å²) in [7, 11) is 3.94. The molecule has 114 valence electrons. The quantitative estimate of drug-likeness (QED) is 0.603. The molecular weight excluding hydrogens is 240 g/mol. The molecule has 0 unspecified atom stereocenters. The molecule has 0 fully saturated rings. The first-order valence-corrected chi connectivity index (χ1v) is 7.30. The molecular formula is C15H32N2O2. The predicted octanol–water partition coefficient (Wildman–Crippen LogP) is 2.09. The lowest BCUT2D eigenvalue weighted by atomic mass is 9.97. The molecule has 0 aliphatic carbocycles. The Morgan fingerprint density at radius 1 is 1.00 bits per heavy atom. The van der Waals surface area contributed by atoms with Crippen LogP contribution < -0.4 is 0 Å². The van der Waals surface area contributed by atoms with Gasteiger partial charge in [0.15, 0.2) is 0 Å². The summed E-state index contributed by atoms with van der Waals surface area (Å²) >= 11 is 0. The first-order valence-electron chi connectivity index (χ1n) is 7.30. The maximum atomic E-state index is 12.0. The van der Waals surface area contributed by atoms with Gasteiger partial charge in [-0.2, -0.15) is 0 Å². The van der Waals surface area contributed by atoms with Crippen LogP contribution in [-0.4, -0.2) is 62.1 Å². The smallest absolute Gasteiger partial charge is 0.225 e. The van der Waals surface area contributed by atoms with Gasteiger partial charge in [-0.05, 0) is 26.8 Å². The van der Waals surface area contributed by atoms with Crippen molar-refractivity contribution >= 4 is 5.91 Å². The van der Waals surface area contributed by atoms with Crippen LogP contribution in [0.4, 0.5) is 0 Å². The van der Waals surface area contributed by atoms with Crippen LogP contribution in [-0.2, 0) is 9.53 Å². The number of hydrogen-bond donors (Lipinski definition) is 0. The third-order valence-corrected chi connectivity index (χ3v) is 3.81. The Morgan fingerprint density at radius 2 is 1.53 bits per heavy atom. The number of carbonyl (C=O) groups excluding carboxylic acids is 1. The Morgan fingerprint density at radius 3 is 2.00 bits per heavy atom. The summed E-state index contributed by atoms with van der Waals surface area (Å²) in [6.45, 7) is 13.4. The Balaban J connectivity index is 3.75. The molecule has 0 spiro atoms. The molecule has 1 atom stereocenters. The highest BCUT2D eigenvalue weighted by Crippen LogP contribution is 2.12. The lowest BCUT2D eigenvalue weighted by molar-refractivity contribution is -0.135. The zero-order chi connectivity index (χ0) is 15.0. The zero-order valence-electron chi connectivity index (χ0n) is 13.8. The minimum absolute atomic E-state index is 0.0806. The molecule has 0 bridgehead atoms. The minimum atomic E-state index is 0.0806. The van der Waals surface area contributed by atoms with Gasteiger partial charge in [0.2, 0.25) is 5.91 Å². The van der Waals surface area contributed by atoms with E-state index < -0.39 is 0 Å². The molecule has 4 nitrogen and oxygen atoms in total. The fourth-order valence-corrected chi connectivity index (χ4v) is 1.51. The van der Waals surface area contributed by atoms with Crippen molar-refractivity contribution in [3.05, 3.63) is 0 Å². The van der Waals surface area contributed by atoms with Crippen molar-refractivity contribution in [2.24, 2.45) is 11.8 Å². The van der Waals surface area contributed by atoms with Crippen molar-refractivity contribution in [1.82, 2.24) is 9.80 Å². The molecule has 0 aromatic rings. The van der Waals surface area contributed by atoms with E-state index in [2.05, 4.69) is 39.6 Å². The number of nitrogens with zero attached hydrogens (tertiary/aromatic N) is 2. The van der Waals surface area contributed by atoms with E-state index in [9.17, 15) is 4.79 Å². The first-order chi connectivity index (χ1) is 8.77. The van der Waals surface area contributed by atoms with Crippen molar-refractivity contribution < 1.29 is 9.53 Å². The van der Waals surface area contributed by atoms with Crippen LogP contribution in [0.25, 0.3) is 0 Å². The lowest BCUT2D eigenvalue weighted by Crippen LogP contribution is -2.36. The SMILES string of the molecule is CC(C)[C@H](C)C(=O)N(C)CCOCCN(C)C(C)C. The summed E-state index contributed by atoms with van der Waals surface area (Å²) in [5.74, 6) is 0.672. The molecule has 1 amide bonds. The lowest BCUT2D eigenvalue weighted by Gasteiger charge is -2.24. The van der Waals surface area contributed by atoms with Crippen LogP contribution in [0.3, 0.4) is 0 Å². The van der Waals surface area contributed by atoms with E-state index in [1.54, 1.807) is 4.90 Å². The number of hydrogen-bond acceptors (Lipinski definition) is 3. The van der Waals surface area contributed by atoms with E-state index in [1.807, 2.05) is 14.0 Å². The maximum Gasteiger partial charge on any atom is 0.225 e. The molecule has 0 saturated heterocycles. The van der Waals surface area contributed by atoms with Crippen LogP contribution >= 0.6 is 0 Å². The second-order valence-electron chi connectivity index (χ2n) is 5.98. The number of likely N-dealkylation sites (N-methyl/N-ethyl adjacent to an activating group) is 2. The highest BCUT2D eigenvalue weighted by Gasteiger charge is 2.19. The monoisotopic (exact) mass is 272 g/mol. The van der Waals surface area contributed by atoms with Crippen LogP contribution in [0.2, 0.25) is 0 Å². The molecule has 0 heterocycles. The first kappa shape index (κ1) is 18.4. The van der Waals surface area contributed by atoms with E-state index >= 15 is 0 Å². The van der Waals surface area contributed by atoms with Gasteiger partial charge in [0, 0.05) is 32.1 Å². The van der Waals surface area contributed by atoms with Gasteiger partial charge in [-0.1, -0.05) is 20.8 Å². The molecule has 0 aliphatic heterocycles. The fraction of sp³-hybridized carbons (Fsp3) is 0.933. The largest absolute Gasteiger partial charge is 0.378 e. The van der Waals surface area contributed by atoms with Gasteiger partial charge in [-0.3, -0.25) is 4.79 Å². The molecule has 0 aromatic heterocycles. The average Bonchev–Trinajstić information content (AvgIpc) is 2.35. The fourth-order valence-electron chi connectivity index (χ4n) is 1.51. The Bertz CT molecular complexity index is 255. The average molecular weight is 272 g/mol. The van der Waals surface area contributed by atoms with Crippen LogP contribution in [0.5, 0.6) is 0 Å². The molecule has 0 aliphatic rings. The Labute approximate surface area is 119 Å². The second kappa shape index (κ2) is 9.32. The van der Waals surface area contributed by atoms with Gasteiger partial charge in [0.25, 0.3) is 0 Å².